The number of benzene rings is 1. The first-order chi connectivity index (χ1) is 9.87. The molecule has 1 nitrogen and oxygen atoms in total. The van der Waals surface area contributed by atoms with Crippen molar-refractivity contribution in [3.05, 3.63) is 46.5 Å². The second-order valence-corrected chi connectivity index (χ2v) is 12.6. The molecule has 1 aromatic carbocycles. The summed E-state index contributed by atoms with van der Waals surface area (Å²) in [6.45, 7) is 12.9. The van der Waals surface area contributed by atoms with Crippen molar-refractivity contribution in [3.63, 3.8) is 0 Å². The molecular weight excluding hydrogens is 338 g/mol. The second-order valence-electron chi connectivity index (χ2n) is 6.71. The molecule has 1 aliphatic heterocycles. The highest BCUT2D eigenvalue weighted by Crippen LogP contribution is 2.32. The largest absolute Gasteiger partial charge is 0.290 e. The molecule has 0 aliphatic carbocycles. The Balaban J connectivity index is 2.25. The Morgan fingerprint density at radius 3 is 2.76 bits per heavy atom. The predicted molar refractivity (Wildman–Crippen MR) is 98.3 cm³/mol. The van der Waals surface area contributed by atoms with Crippen molar-refractivity contribution in [2.75, 3.05) is 13.1 Å². The molecule has 3 heteroatoms. The molecule has 0 N–H and O–H groups in total. The van der Waals surface area contributed by atoms with Gasteiger partial charge in [0.05, 0.1) is 0 Å². The summed E-state index contributed by atoms with van der Waals surface area (Å²) in [4.78, 5) is 2.50. The van der Waals surface area contributed by atoms with Gasteiger partial charge in [-0.3, -0.25) is 4.90 Å². The van der Waals surface area contributed by atoms with Crippen molar-refractivity contribution >= 4 is 24.0 Å². The monoisotopic (exact) mass is 361 g/mol. The van der Waals surface area contributed by atoms with Crippen LogP contribution >= 0.6 is 15.9 Å². The number of nitrogens with zero attached hydrogens (tertiary/aromatic N) is 1. The van der Waals surface area contributed by atoms with Gasteiger partial charge in [0.2, 0.25) is 0 Å². The van der Waals surface area contributed by atoms with E-state index in [0.717, 1.165) is 30.4 Å². The second kappa shape index (κ2) is 6.96. The van der Waals surface area contributed by atoms with Crippen LogP contribution in [0.2, 0.25) is 19.6 Å². The first kappa shape index (κ1) is 16.5. The van der Waals surface area contributed by atoms with Gasteiger partial charge in [-0.25, -0.2) is 0 Å². The predicted octanol–water partition coefficient (Wildman–Crippen LogP) is 4.77. The van der Waals surface area contributed by atoms with Gasteiger partial charge in [-0.1, -0.05) is 66.4 Å². The maximum atomic E-state index is 4.01. The third-order valence-corrected chi connectivity index (χ3v) is 4.83. The lowest BCUT2D eigenvalue weighted by molar-refractivity contribution is 0.208. The molecule has 0 radical (unpaired) electrons. The highest BCUT2D eigenvalue weighted by atomic mass is 79.9. The van der Waals surface area contributed by atoms with E-state index in [9.17, 15) is 0 Å². The minimum atomic E-state index is -1.29. The maximum absolute atomic E-state index is 4.01. The zero-order chi connectivity index (χ0) is 15.5. The van der Waals surface area contributed by atoms with Crippen molar-refractivity contribution in [1.29, 1.82) is 0 Å². The molecule has 0 spiro atoms. The Labute approximate surface area is 138 Å². The quantitative estimate of drug-likeness (QED) is 0.553. The standard InChI is InChI=1S/C18H24BrNSi/c1-15(19)14-20-12-11-16-8-5-6-9-17(16)18(20)10-7-13-21(2,3)4/h5-6,8-9,18H,1,10-12,14H2,2-4H3. The molecule has 0 aromatic heterocycles. The lowest BCUT2D eigenvalue weighted by Gasteiger charge is -2.36. The van der Waals surface area contributed by atoms with Crippen molar-refractivity contribution in [1.82, 2.24) is 4.90 Å². The van der Waals surface area contributed by atoms with Crippen LogP contribution in [-0.2, 0) is 6.42 Å². The fraction of sp³-hybridized carbons (Fsp3) is 0.444. The van der Waals surface area contributed by atoms with Crippen LogP contribution in [0.5, 0.6) is 0 Å². The van der Waals surface area contributed by atoms with Gasteiger partial charge in [-0.15, -0.1) is 11.5 Å². The summed E-state index contributed by atoms with van der Waals surface area (Å²) in [7, 11) is -1.29. The molecule has 112 valence electrons. The minimum Gasteiger partial charge on any atom is -0.290 e. The van der Waals surface area contributed by atoms with E-state index in [2.05, 4.69) is 82.8 Å². The van der Waals surface area contributed by atoms with Gasteiger partial charge in [0.25, 0.3) is 0 Å². The summed E-state index contributed by atoms with van der Waals surface area (Å²) in [5, 5.41) is 0. The van der Waals surface area contributed by atoms with E-state index < -0.39 is 8.07 Å². The summed E-state index contributed by atoms with van der Waals surface area (Å²) in [6.07, 6.45) is 2.04. The highest BCUT2D eigenvalue weighted by molar-refractivity contribution is 9.11. The van der Waals surface area contributed by atoms with E-state index in [-0.39, 0.29) is 0 Å². The van der Waals surface area contributed by atoms with E-state index in [1.807, 2.05) is 0 Å². The minimum absolute atomic E-state index is 0.396. The van der Waals surface area contributed by atoms with Crippen molar-refractivity contribution in [2.24, 2.45) is 0 Å². The smallest absolute Gasteiger partial charge is 0.129 e. The Kier molecular flexibility index (Phi) is 5.48. The van der Waals surface area contributed by atoms with Crippen LogP contribution in [0.15, 0.2) is 35.3 Å². The molecule has 1 heterocycles. The van der Waals surface area contributed by atoms with E-state index >= 15 is 0 Å². The Morgan fingerprint density at radius 1 is 1.38 bits per heavy atom. The normalized spacial score (nSPS) is 18.6. The summed E-state index contributed by atoms with van der Waals surface area (Å²) in [6, 6.07) is 9.20. The molecule has 0 saturated carbocycles. The average Bonchev–Trinajstić information content (AvgIpc) is 2.39. The van der Waals surface area contributed by atoms with E-state index in [1.165, 1.54) is 11.1 Å². The van der Waals surface area contributed by atoms with Crippen LogP contribution in [0.3, 0.4) is 0 Å². The topological polar surface area (TPSA) is 3.24 Å². The van der Waals surface area contributed by atoms with Crippen LogP contribution < -0.4 is 0 Å². The zero-order valence-electron chi connectivity index (χ0n) is 13.2. The Hall–Kier alpha value is -0.823. The van der Waals surface area contributed by atoms with Crippen molar-refractivity contribution in [3.8, 4) is 11.5 Å². The molecule has 0 amide bonds. The molecule has 1 unspecified atom stereocenters. The Bertz CT molecular complexity index is 577. The molecule has 2 rings (SSSR count). The van der Waals surface area contributed by atoms with Crippen molar-refractivity contribution < 1.29 is 0 Å². The summed E-state index contributed by atoms with van der Waals surface area (Å²) in [5.41, 5.74) is 6.43. The number of rotatable bonds is 3. The summed E-state index contributed by atoms with van der Waals surface area (Å²) in [5.74, 6) is 3.46. The lowest BCUT2D eigenvalue weighted by atomic mass is 9.91. The van der Waals surface area contributed by atoms with Gasteiger partial charge >= 0.3 is 0 Å². The first-order valence-electron chi connectivity index (χ1n) is 7.52. The van der Waals surface area contributed by atoms with Crippen LogP contribution in [0.25, 0.3) is 0 Å². The molecular formula is C18H24BrNSi. The van der Waals surface area contributed by atoms with Gasteiger partial charge in [0.15, 0.2) is 0 Å². The molecule has 0 bridgehead atoms. The SMILES string of the molecule is C=C(Br)CN1CCc2ccccc2C1CC#C[Si](C)(C)C. The molecule has 1 aliphatic rings. The van der Waals surface area contributed by atoms with Gasteiger partial charge in [0, 0.05) is 30.0 Å². The lowest BCUT2D eigenvalue weighted by Crippen LogP contribution is -2.36. The number of hydrogen-bond donors (Lipinski definition) is 0. The zero-order valence-corrected chi connectivity index (χ0v) is 15.8. The molecule has 0 fully saturated rings. The van der Waals surface area contributed by atoms with Crippen molar-refractivity contribution in [2.45, 2.75) is 38.5 Å². The Morgan fingerprint density at radius 2 is 2.10 bits per heavy atom. The van der Waals surface area contributed by atoms with Crippen LogP contribution in [0, 0.1) is 11.5 Å². The third-order valence-electron chi connectivity index (χ3n) is 3.66. The van der Waals surface area contributed by atoms with Gasteiger partial charge in [0.1, 0.15) is 8.07 Å². The summed E-state index contributed by atoms with van der Waals surface area (Å²) < 4.78 is 1.05. The fourth-order valence-electron chi connectivity index (χ4n) is 2.77. The molecule has 1 atom stereocenters. The van der Waals surface area contributed by atoms with Gasteiger partial charge in [-0.2, -0.15) is 0 Å². The van der Waals surface area contributed by atoms with Crippen LogP contribution in [0.1, 0.15) is 23.6 Å². The van der Waals surface area contributed by atoms with E-state index in [1.54, 1.807) is 0 Å². The third kappa shape index (κ3) is 4.84. The molecule has 1 aromatic rings. The molecule has 21 heavy (non-hydrogen) atoms. The maximum Gasteiger partial charge on any atom is 0.129 e. The first-order valence-corrected chi connectivity index (χ1v) is 11.8. The van der Waals surface area contributed by atoms with Gasteiger partial charge < -0.3 is 0 Å². The van der Waals surface area contributed by atoms with Gasteiger partial charge in [-0.05, 0) is 17.5 Å². The number of fused-ring (bicyclic) bond motifs is 1. The molecule has 0 saturated heterocycles. The fourth-order valence-corrected chi connectivity index (χ4v) is 3.72. The van der Waals surface area contributed by atoms with E-state index in [0.29, 0.717) is 6.04 Å². The summed E-state index contributed by atoms with van der Waals surface area (Å²) >= 11 is 3.51. The van der Waals surface area contributed by atoms with Crippen LogP contribution in [0.4, 0.5) is 0 Å². The highest BCUT2D eigenvalue weighted by Gasteiger charge is 2.26. The van der Waals surface area contributed by atoms with E-state index in [4.69, 9.17) is 0 Å². The number of halogens is 1. The van der Waals surface area contributed by atoms with Crippen LogP contribution in [-0.4, -0.2) is 26.1 Å². The number of hydrogen-bond acceptors (Lipinski definition) is 1. The average molecular weight is 362 g/mol.